The van der Waals surface area contributed by atoms with Crippen molar-refractivity contribution < 1.29 is 18.0 Å². The topological polar surface area (TPSA) is 46.9 Å². The van der Waals surface area contributed by atoms with Crippen molar-refractivity contribution in [2.75, 3.05) is 5.32 Å². The average molecular weight is 380 g/mol. The van der Waals surface area contributed by atoms with Crippen LogP contribution in [0.2, 0.25) is 5.02 Å². The molecule has 0 saturated heterocycles. The highest BCUT2D eigenvalue weighted by atomic mass is 35.5. The van der Waals surface area contributed by atoms with Crippen LogP contribution in [0.3, 0.4) is 0 Å². The minimum Gasteiger partial charge on any atom is -0.333 e. The van der Waals surface area contributed by atoms with Crippen molar-refractivity contribution in [1.29, 1.82) is 0 Å². The number of hydrogen-bond donors (Lipinski definition) is 1. The fourth-order valence-electron chi connectivity index (χ4n) is 2.34. The Morgan fingerprint density at radius 1 is 1.15 bits per heavy atom. The number of nitrogens with zero attached hydrogens (tertiary/aromatic N) is 2. The molecule has 0 saturated carbocycles. The molecule has 134 valence electrons. The van der Waals surface area contributed by atoms with Gasteiger partial charge in [-0.3, -0.25) is 4.79 Å². The van der Waals surface area contributed by atoms with E-state index in [1.54, 1.807) is 36.8 Å². The number of nitrogens with one attached hydrogen (secondary N) is 1. The summed E-state index contributed by atoms with van der Waals surface area (Å²) in [6.07, 6.45) is 0.645. The van der Waals surface area contributed by atoms with Gasteiger partial charge in [0.15, 0.2) is 0 Å². The number of alkyl halides is 3. The van der Waals surface area contributed by atoms with Crippen molar-refractivity contribution in [2.45, 2.75) is 12.7 Å². The van der Waals surface area contributed by atoms with E-state index in [9.17, 15) is 18.0 Å². The normalized spacial score (nSPS) is 11.4. The zero-order valence-corrected chi connectivity index (χ0v) is 14.1. The Kier molecular flexibility index (Phi) is 4.99. The van der Waals surface area contributed by atoms with Gasteiger partial charge >= 0.3 is 6.18 Å². The summed E-state index contributed by atoms with van der Waals surface area (Å²) in [5.74, 6) is -0.541. The first-order valence-electron chi connectivity index (χ1n) is 7.56. The largest absolute Gasteiger partial charge is 0.416 e. The van der Waals surface area contributed by atoms with Crippen LogP contribution in [-0.4, -0.2) is 15.5 Å². The molecule has 0 aliphatic carbocycles. The summed E-state index contributed by atoms with van der Waals surface area (Å²) < 4.78 is 40.3. The first-order valence-corrected chi connectivity index (χ1v) is 7.93. The lowest BCUT2D eigenvalue weighted by Crippen LogP contribution is -2.13. The predicted octanol–water partition coefficient (Wildman–Crippen LogP) is 4.86. The highest BCUT2D eigenvalue weighted by Gasteiger charge is 2.31. The van der Waals surface area contributed by atoms with Gasteiger partial charge in [0.2, 0.25) is 0 Å². The SMILES string of the molecule is O=C(Nc1cc(C(F)(F)F)ccc1Cl)c1ccc(Cn2ccnc2)cc1. The number of aromatic nitrogens is 2. The zero-order valence-electron chi connectivity index (χ0n) is 13.3. The average Bonchev–Trinajstić information content (AvgIpc) is 3.09. The van der Waals surface area contributed by atoms with E-state index in [4.69, 9.17) is 11.6 Å². The quantitative estimate of drug-likeness (QED) is 0.704. The summed E-state index contributed by atoms with van der Waals surface area (Å²) in [5.41, 5.74) is 0.298. The van der Waals surface area contributed by atoms with E-state index >= 15 is 0 Å². The van der Waals surface area contributed by atoms with Gasteiger partial charge in [0.05, 0.1) is 22.6 Å². The van der Waals surface area contributed by atoms with E-state index in [1.807, 2.05) is 10.8 Å². The Morgan fingerprint density at radius 2 is 1.88 bits per heavy atom. The van der Waals surface area contributed by atoms with Crippen molar-refractivity contribution in [1.82, 2.24) is 9.55 Å². The van der Waals surface area contributed by atoms with Crippen LogP contribution in [-0.2, 0) is 12.7 Å². The van der Waals surface area contributed by atoms with Crippen LogP contribution in [0.1, 0.15) is 21.5 Å². The molecule has 4 nitrogen and oxygen atoms in total. The van der Waals surface area contributed by atoms with Gasteiger partial charge in [-0.2, -0.15) is 13.2 Å². The fraction of sp³-hybridized carbons (Fsp3) is 0.111. The molecule has 0 spiro atoms. The number of benzene rings is 2. The maximum Gasteiger partial charge on any atom is 0.416 e. The molecule has 0 bridgehead atoms. The summed E-state index contributed by atoms with van der Waals surface area (Å²) in [7, 11) is 0. The summed E-state index contributed by atoms with van der Waals surface area (Å²) in [6.45, 7) is 0.599. The molecule has 0 fully saturated rings. The van der Waals surface area contributed by atoms with Crippen molar-refractivity contribution >= 4 is 23.2 Å². The van der Waals surface area contributed by atoms with Gasteiger partial charge < -0.3 is 9.88 Å². The Labute approximate surface area is 152 Å². The van der Waals surface area contributed by atoms with Crippen molar-refractivity contribution in [3.63, 3.8) is 0 Å². The van der Waals surface area contributed by atoms with Gasteiger partial charge in [0.25, 0.3) is 5.91 Å². The lowest BCUT2D eigenvalue weighted by Gasteiger charge is -2.12. The van der Waals surface area contributed by atoms with E-state index in [1.165, 1.54) is 0 Å². The molecular weight excluding hydrogens is 367 g/mol. The van der Waals surface area contributed by atoms with Gasteiger partial charge in [-0.15, -0.1) is 0 Å². The molecule has 0 aliphatic heterocycles. The second-order valence-corrected chi connectivity index (χ2v) is 5.99. The van der Waals surface area contributed by atoms with Crippen molar-refractivity contribution in [3.05, 3.63) is 82.9 Å². The van der Waals surface area contributed by atoms with Crippen molar-refractivity contribution in [2.24, 2.45) is 0 Å². The van der Waals surface area contributed by atoms with Crippen LogP contribution in [0.5, 0.6) is 0 Å². The number of carbonyl (C=O) groups excluding carboxylic acids is 1. The monoisotopic (exact) mass is 379 g/mol. The predicted molar refractivity (Wildman–Crippen MR) is 92.2 cm³/mol. The number of carbonyl (C=O) groups is 1. The van der Waals surface area contributed by atoms with Crippen LogP contribution in [0.25, 0.3) is 0 Å². The van der Waals surface area contributed by atoms with E-state index in [-0.39, 0.29) is 10.7 Å². The molecule has 26 heavy (non-hydrogen) atoms. The van der Waals surface area contributed by atoms with Crippen LogP contribution < -0.4 is 5.32 Å². The lowest BCUT2D eigenvalue weighted by atomic mass is 10.1. The van der Waals surface area contributed by atoms with E-state index < -0.39 is 17.6 Å². The summed E-state index contributed by atoms with van der Waals surface area (Å²) in [4.78, 5) is 16.2. The molecule has 0 atom stereocenters. The third kappa shape index (κ3) is 4.23. The van der Waals surface area contributed by atoms with Crippen molar-refractivity contribution in [3.8, 4) is 0 Å². The first-order chi connectivity index (χ1) is 12.3. The van der Waals surface area contributed by atoms with Crippen LogP contribution in [0, 0.1) is 0 Å². The van der Waals surface area contributed by atoms with E-state index in [0.29, 0.717) is 12.1 Å². The molecule has 8 heteroatoms. The van der Waals surface area contributed by atoms with Gasteiger partial charge in [-0.1, -0.05) is 23.7 Å². The Balaban J connectivity index is 1.74. The Bertz CT molecular complexity index is 906. The number of hydrogen-bond acceptors (Lipinski definition) is 2. The first kappa shape index (κ1) is 18.0. The molecule has 1 N–H and O–H groups in total. The highest BCUT2D eigenvalue weighted by Crippen LogP contribution is 2.34. The highest BCUT2D eigenvalue weighted by molar-refractivity contribution is 6.34. The lowest BCUT2D eigenvalue weighted by molar-refractivity contribution is -0.137. The number of halogens is 4. The van der Waals surface area contributed by atoms with Crippen LogP contribution in [0.4, 0.5) is 18.9 Å². The Hall–Kier alpha value is -2.80. The number of amides is 1. The second-order valence-electron chi connectivity index (χ2n) is 5.58. The van der Waals surface area contributed by atoms with Crippen LogP contribution in [0.15, 0.2) is 61.2 Å². The van der Waals surface area contributed by atoms with Crippen LogP contribution >= 0.6 is 11.6 Å². The summed E-state index contributed by atoms with van der Waals surface area (Å²) >= 11 is 5.89. The summed E-state index contributed by atoms with van der Waals surface area (Å²) in [6, 6.07) is 9.52. The number of imidazole rings is 1. The molecule has 2 aromatic carbocycles. The van der Waals surface area contributed by atoms with Gasteiger partial charge in [-0.05, 0) is 35.9 Å². The third-order valence-corrected chi connectivity index (χ3v) is 4.01. The molecule has 3 rings (SSSR count). The minimum absolute atomic E-state index is 0.0306. The maximum absolute atomic E-state index is 12.8. The Morgan fingerprint density at radius 3 is 2.50 bits per heavy atom. The minimum atomic E-state index is -4.51. The number of rotatable bonds is 4. The second kappa shape index (κ2) is 7.21. The molecule has 1 aromatic heterocycles. The molecule has 0 radical (unpaired) electrons. The molecule has 3 aromatic rings. The van der Waals surface area contributed by atoms with Gasteiger partial charge in [0, 0.05) is 24.5 Å². The third-order valence-electron chi connectivity index (χ3n) is 3.68. The number of anilines is 1. The molecule has 1 amide bonds. The van der Waals surface area contributed by atoms with E-state index in [2.05, 4.69) is 10.3 Å². The summed E-state index contributed by atoms with van der Waals surface area (Å²) in [5, 5.41) is 2.45. The van der Waals surface area contributed by atoms with Gasteiger partial charge in [-0.25, -0.2) is 4.98 Å². The maximum atomic E-state index is 12.8. The fourth-order valence-corrected chi connectivity index (χ4v) is 2.51. The zero-order chi connectivity index (χ0) is 18.7. The molecule has 0 aliphatic rings. The smallest absolute Gasteiger partial charge is 0.333 e. The molecular formula is C18H13ClF3N3O. The van der Waals surface area contributed by atoms with E-state index in [0.717, 1.165) is 23.8 Å². The standard InChI is InChI=1S/C18H13ClF3N3O/c19-15-6-5-14(18(20,21)22)9-16(15)24-17(26)13-3-1-12(2-4-13)10-25-8-7-23-11-25/h1-9,11H,10H2,(H,24,26). The van der Waals surface area contributed by atoms with Gasteiger partial charge in [0.1, 0.15) is 0 Å². The molecule has 0 unspecified atom stereocenters. The molecule has 1 heterocycles.